The van der Waals surface area contributed by atoms with Crippen molar-refractivity contribution in [3.8, 4) is 11.1 Å². The predicted octanol–water partition coefficient (Wildman–Crippen LogP) is 5.35. The standard InChI is InChI=1S/C26H29N3O5/c1-33-26(32)18(9-3-2-4-10-19(30)16-28-29-27)15-25(31)34-17-24-22-13-7-5-11-20(22)21-12-6-8-14-23(21)24/h5-8,11-14,18,24H,2-4,9-10,15-17H2,1H3/t18-/m1/s1. The van der Waals surface area contributed by atoms with E-state index in [0.717, 1.165) is 28.7 Å². The molecule has 1 aliphatic rings. The predicted molar refractivity (Wildman–Crippen MR) is 127 cm³/mol. The Hall–Kier alpha value is -3.64. The molecule has 0 spiro atoms. The number of rotatable bonds is 13. The van der Waals surface area contributed by atoms with Gasteiger partial charge in [0.05, 0.1) is 26.0 Å². The molecule has 34 heavy (non-hydrogen) atoms. The highest BCUT2D eigenvalue weighted by Gasteiger charge is 2.30. The third-order valence-electron chi connectivity index (χ3n) is 6.14. The highest BCUT2D eigenvalue weighted by Crippen LogP contribution is 2.44. The summed E-state index contributed by atoms with van der Waals surface area (Å²) in [6, 6.07) is 16.2. The number of hydrogen-bond acceptors (Lipinski definition) is 6. The number of fused-ring (bicyclic) bond motifs is 3. The number of esters is 2. The number of hydrogen-bond donors (Lipinski definition) is 0. The van der Waals surface area contributed by atoms with E-state index in [4.69, 9.17) is 15.0 Å². The maximum Gasteiger partial charge on any atom is 0.309 e. The van der Waals surface area contributed by atoms with Crippen molar-refractivity contribution >= 4 is 17.7 Å². The van der Waals surface area contributed by atoms with Gasteiger partial charge in [0.15, 0.2) is 0 Å². The maximum absolute atomic E-state index is 12.6. The van der Waals surface area contributed by atoms with Crippen LogP contribution in [-0.4, -0.2) is 38.0 Å². The zero-order valence-electron chi connectivity index (χ0n) is 19.3. The van der Waals surface area contributed by atoms with Crippen molar-refractivity contribution in [3.05, 3.63) is 70.1 Å². The van der Waals surface area contributed by atoms with Gasteiger partial charge in [-0.1, -0.05) is 66.5 Å². The summed E-state index contributed by atoms with van der Waals surface area (Å²) >= 11 is 0. The van der Waals surface area contributed by atoms with Gasteiger partial charge in [0.1, 0.15) is 12.4 Å². The first-order valence-corrected chi connectivity index (χ1v) is 11.5. The lowest BCUT2D eigenvalue weighted by Crippen LogP contribution is -2.22. The molecule has 0 fully saturated rings. The minimum Gasteiger partial charge on any atom is -0.469 e. The summed E-state index contributed by atoms with van der Waals surface area (Å²) in [6.45, 7) is 0.0805. The van der Waals surface area contributed by atoms with Gasteiger partial charge in [-0.3, -0.25) is 14.4 Å². The quantitative estimate of drug-likeness (QED) is 0.130. The topological polar surface area (TPSA) is 118 Å². The van der Waals surface area contributed by atoms with Crippen LogP contribution >= 0.6 is 0 Å². The number of Topliss-reactive ketones (excluding diaryl/α,β-unsaturated/α-hetero) is 1. The molecule has 8 heteroatoms. The molecule has 0 unspecified atom stereocenters. The molecule has 0 aromatic heterocycles. The van der Waals surface area contributed by atoms with Crippen LogP contribution in [0.1, 0.15) is 55.6 Å². The Morgan fingerprint density at radius 2 is 1.65 bits per heavy atom. The third kappa shape index (κ3) is 6.45. The number of nitrogens with zero attached hydrogens (tertiary/aromatic N) is 3. The van der Waals surface area contributed by atoms with Crippen LogP contribution in [0, 0.1) is 5.92 Å². The van der Waals surface area contributed by atoms with Crippen molar-refractivity contribution in [2.45, 2.75) is 44.4 Å². The van der Waals surface area contributed by atoms with E-state index < -0.39 is 17.9 Å². The van der Waals surface area contributed by atoms with Gasteiger partial charge in [-0.05, 0) is 40.6 Å². The van der Waals surface area contributed by atoms with E-state index >= 15 is 0 Å². The maximum atomic E-state index is 12.6. The van der Waals surface area contributed by atoms with Gasteiger partial charge in [0, 0.05) is 17.3 Å². The van der Waals surface area contributed by atoms with Gasteiger partial charge in [-0.2, -0.15) is 0 Å². The molecule has 2 aromatic carbocycles. The van der Waals surface area contributed by atoms with Crippen molar-refractivity contribution in [3.63, 3.8) is 0 Å². The second-order valence-electron chi connectivity index (χ2n) is 8.36. The molecule has 1 atom stereocenters. The summed E-state index contributed by atoms with van der Waals surface area (Å²) in [5.41, 5.74) is 12.8. The molecule has 2 aromatic rings. The van der Waals surface area contributed by atoms with E-state index in [1.165, 1.54) is 7.11 Å². The number of ketones is 1. The normalized spacial score (nSPS) is 12.7. The lowest BCUT2D eigenvalue weighted by Gasteiger charge is -2.17. The van der Waals surface area contributed by atoms with E-state index in [9.17, 15) is 14.4 Å². The van der Waals surface area contributed by atoms with Crippen molar-refractivity contribution < 1.29 is 23.9 Å². The minimum absolute atomic E-state index is 0.0316. The van der Waals surface area contributed by atoms with Crippen LogP contribution in [0.25, 0.3) is 21.6 Å². The van der Waals surface area contributed by atoms with Gasteiger partial charge in [-0.25, -0.2) is 0 Å². The first-order valence-electron chi connectivity index (χ1n) is 11.5. The van der Waals surface area contributed by atoms with E-state index in [2.05, 4.69) is 34.3 Å². The minimum atomic E-state index is -0.584. The van der Waals surface area contributed by atoms with E-state index in [1.807, 2.05) is 24.3 Å². The number of carbonyl (C=O) groups excluding carboxylic acids is 3. The number of carbonyl (C=O) groups is 3. The molecule has 0 saturated heterocycles. The van der Waals surface area contributed by atoms with Gasteiger partial charge in [0.2, 0.25) is 0 Å². The van der Waals surface area contributed by atoms with Crippen LogP contribution in [0.5, 0.6) is 0 Å². The first kappa shape index (κ1) is 25.0. The summed E-state index contributed by atoms with van der Waals surface area (Å²) in [6.07, 6.45) is 2.79. The van der Waals surface area contributed by atoms with Gasteiger partial charge in [0.25, 0.3) is 0 Å². The summed E-state index contributed by atoms with van der Waals surface area (Å²) in [5.74, 6) is -1.59. The number of ether oxygens (including phenoxy) is 2. The van der Waals surface area contributed by atoms with E-state index in [0.29, 0.717) is 25.7 Å². The molecule has 0 saturated carbocycles. The second kappa shape index (κ2) is 12.6. The number of benzene rings is 2. The fourth-order valence-electron chi connectivity index (χ4n) is 4.42. The SMILES string of the molecule is COC(=O)[C@H](CCCCCC(=O)CN=[N+]=[N-])CC(=O)OCC1c2ccccc2-c2ccccc21. The number of azide groups is 1. The lowest BCUT2D eigenvalue weighted by atomic mass is 9.96. The Morgan fingerprint density at radius 3 is 2.26 bits per heavy atom. The Labute approximate surface area is 198 Å². The average Bonchev–Trinajstić information content (AvgIpc) is 3.18. The molecule has 178 valence electrons. The van der Waals surface area contributed by atoms with E-state index in [-0.39, 0.29) is 31.3 Å². The summed E-state index contributed by atoms with van der Waals surface area (Å²) < 4.78 is 10.5. The van der Waals surface area contributed by atoms with Crippen molar-refractivity contribution in [1.82, 2.24) is 0 Å². The second-order valence-corrected chi connectivity index (χ2v) is 8.36. The fourth-order valence-corrected chi connectivity index (χ4v) is 4.42. The van der Waals surface area contributed by atoms with Gasteiger partial charge < -0.3 is 9.47 Å². The van der Waals surface area contributed by atoms with Crippen LogP contribution in [0.4, 0.5) is 0 Å². The molecule has 1 aliphatic carbocycles. The zero-order chi connectivity index (χ0) is 24.3. The number of unbranched alkanes of at least 4 members (excludes halogenated alkanes) is 2. The van der Waals surface area contributed by atoms with Crippen LogP contribution in [0.3, 0.4) is 0 Å². The van der Waals surface area contributed by atoms with Crippen LogP contribution in [0.2, 0.25) is 0 Å². The summed E-state index contributed by atoms with van der Waals surface area (Å²) in [5, 5.41) is 3.26. The van der Waals surface area contributed by atoms with Crippen LogP contribution < -0.4 is 0 Å². The monoisotopic (exact) mass is 463 g/mol. The zero-order valence-corrected chi connectivity index (χ0v) is 19.3. The first-order chi connectivity index (χ1) is 16.5. The Morgan fingerprint density at radius 1 is 1.00 bits per heavy atom. The fraction of sp³-hybridized carbons (Fsp3) is 0.423. The van der Waals surface area contributed by atoms with Crippen molar-refractivity contribution in [2.75, 3.05) is 20.3 Å². The molecule has 0 aliphatic heterocycles. The largest absolute Gasteiger partial charge is 0.469 e. The molecule has 0 radical (unpaired) electrons. The molecule has 0 heterocycles. The summed E-state index contributed by atoms with van der Waals surface area (Å²) in [4.78, 5) is 38.9. The van der Waals surface area contributed by atoms with Crippen LogP contribution in [0.15, 0.2) is 53.6 Å². The average molecular weight is 464 g/mol. The smallest absolute Gasteiger partial charge is 0.309 e. The Bertz CT molecular complexity index is 1030. The van der Waals surface area contributed by atoms with Crippen molar-refractivity contribution in [1.29, 1.82) is 0 Å². The van der Waals surface area contributed by atoms with Gasteiger partial charge >= 0.3 is 11.9 Å². The van der Waals surface area contributed by atoms with Gasteiger partial charge in [-0.15, -0.1) is 0 Å². The molecule has 8 nitrogen and oxygen atoms in total. The molecular formula is C26H29N3O5. The molecule has 0 bridgehead atoms. The Balaban J connectivity index is 1.50. The molecular weight excluding hydrogens is 434 g/mol. The molecule has 3 rings (SSSR count). The molecule has 0 N–H and O–H groups in total. The van der Waals surface area contributed by atoms with Crippen molar-refractivity contribution in [2.24, 2.45) is 11.0 Å². The lowest BCUT2D eigenvalue weighted by molar-refractivity contribution is -0.153. The Kier molecular flexibility index (Phi) is 9.23. The third-order valence-corrected chi connectivity index (χ3v) is 6.14. The highest BCUT2D eigenvalue weighted by atomic mass is 16.5. The molecule has 0 amide bonds. The van der Waals surface area contributed by atoms with E-state index in [1.54, 1.807) is 0 Å². The summed E-state index contributed by atoms with van der Waals surface area (Å²) in [7, 11) is 1.31. The highest BCUT2D eigenvalue weighted by molar-refractivity contribution is 5.81. The number of methoxy groups -OCH3 is 1. The van der Waals surface area contributed by atoms with Crippen LogP contribution in [-0.2, 0) is 23.9 Å².